The van der Waals surface area contributed by atoms with Crippen molar-refractivity contribution >= 4 is 22.4 Å². The number of anilines is 1. The van der Waals surface area contributed by atoms with E-state index in [0.717, 1.165) is 0 Å². The topological polar surface area (TPSA) is 82.5 Å². The SMILES string of the molecule is CC(O)c1csc(NC(=O)c2cccc(O)c2)n1. The van der Waals surface area contributed by atoms with E-state index in [2.05, 4.69) is 10.3 Å². The van der Waals surface area contributed by atoms with E-state index in [1.165, 1.54) is 23.5 Å². The highest BCUT2D eigenvalue weighted by Crippen LogP contribution is 2.21. The normalized spacial score (nSPS) is 12.1. The van der Waals surface area contributed by atoms with Crippen molar-refractivity contribution in [1.29, 1.82) is 0 Å². The lowest BCUT2D eigenvalue weighted by molar-refractivity contribution is 0.102. The zero-order valence-corrected chi connectivity index (χ0v) is 10.4. The van der Waals surface area contributed by atoms with Crippen LogP contribution in [-0.4, -0.2) is 21.1 Å². The third kappa shape index (κ3) is 2.85. The average molecular weight is 264 g/mol. The van der Waals surface area contributed by atoms with Crippen LogP contribution in [0, 0.1) is 0 Å². The number of hydrogen-bond acceptors (Lipinski definition) is 5. The van der Waals surface area contributed by atoms with Crippen molar-refractivity contribution in [3.63, 3.8) is 0 Å². The summed E-state index contributed by atoms with van der Waals surface area (Å²) in [5, 5.41) is 23.3. The molecule has 1 aromatic carbocycles. The van der Waals surface area contributed by atoms with Crippen LogP contribution in [0.2, 0.25) is 0 Å². The molecule has 0 radical (unpaired) electrons. The summed E-state index contributed by atoms with van der Waals surface area (Å²) in [4.78, 5) is 15.9. The number of aromatic hydroxyl groups is 1. The Kier molecular flexibility index (Phi) is 3.59. The maximum absolute atomic E-state index is 11.8. The third-order valence-corrected chi connectivity index (χ3v) is 3.05. The molecule has 1 unspecified atom stereocenters. The van der Waals surface area contributed by atoms with E-state index < -0.39 is 6.10 Å². The lowest BCUT2D eigenvalue weighted by Gasteiger charge is -2.02. The number of rotatable bonds is 3. The standard InChI is InChI=1S/C12H12N2O3S/c1-7(15)10-6-18-12(13-10)14-11(17)8-3-2-4-9(16)5-8/h2-7,15-16H,1H3,(H,13,14,17). The molecule has 0 bridgehead atoms. The molecule has 0 aliphatic heterocycles. The summed E-state index contributed by atoms with van der Waals surface area (Å²) in [6.45, 7) is 1.61. The summed E-state index contributed by atoms with van der Waals surface area (Å²) < 4.78 is 0. The first kappa shape index (κ1) is 12.5. The summed E-state index contributed by atoms with van der Waals surface area (Å²) in [5.74, 6) is -0.316. The van der Waals surface area contributed by atoms with E-state index in [9.17, 15) is 15.0 Å². The highest BCUT2D eigenvalue weighted by Gasteiger charge is 2.11. The Labute approximate surface area is 108 Å². The molecule has 1 amide bonds. The van der Waals surface area contributed by atoms with Gasteiger partial charge in [0.15, 0.2) is 5.13 Å². The van der Waals surface area contributed by atoms with Crippen LogP contribution in [-0.2, 0) is 0 Å². The quantitative estimate of drug-likeness (QED) is 0.793. The number of aliphatic hydroxyl groups is 1. The summed E-state index contributed by atoms with van der Waals surface area (Å²) in [7, 11) is 0. The predicted molar refractivity (Wildman–Crippen MR) is 68.8 cm³/mol. The molecule has 18 heavy (non-hydrogen) atoms. The molecule has 0 aliphatic carbocycles. The van der Waals surface area contributed by atoms with Crippen molar-refractivity contribution < 1.29 is 15.0 Å². The summed E-state index contributed by atoms with van der Waals surface area (Å²) in [6.07, 6.45) is -0.660. The van der Waals surface area contributed by atoms with E-state index in [1.807, 2.05) is 0 Å². The molecule has 1 atom stereocenters. The van der Waals surface area contributed by atoms with Gasteiger partial charge in [0, 0.05) is 10.9 Å². The molecule has 1 aromatic heterocycles. The van der Waals surface area contributed by atoms with Crippen molar-refractivity contribution in [2.75, 3.05) is 5.32 Å². The zero-order chi connectivity index (χ0) is 13.1. The molecule has 0 saturated heterocycles. The molecule has 5 nitrogen and oxygen atoms in total. The molecule has 2 aromatic rings. The van der Waals surface area contributed by atoms with Gasteiger partial charge < -0.3 is 10.2 Å². The lowest BCUT2D eigenvalue weighted by Crippen LogP contribution is -2.11. The van der Waals surface area contributed by atoms with Gasteiger partial charge in [0.05, 0.1) is 11.8 Å². The largest absolute Gasteiger partial charge is 0.508 e. The minimum absolute atomic E-state index is 0.0338. The van der Waals surface area contributed by atoms with E-state index in [1.54, 1.807) is 24.4 Å². The fourth-order valence-corrected chi connectivity index (χ4v) is 2.14. The van der Waals surface area contributed by atoms with E-state index in [0.29, 0.717) is 16.4 Å². The molecule has 0 spiro atoms. The smallest absolute Gasteiger partial charge is 0.257 e. The molecule has 3 N–H and O–H groups in total. The number of benzene rings is 1. The molecule has 0 saturated carbocycles. The van der Waals surface area contributed by atoms with Crippen LogP contribution in [0.3, 0.4) is 0 Å². The Morgan fingerprint density at radius 2 is 2.28 bits per heavy atom. The van der Waals surface area contributed by atoms with Gasteiger partial charge in [-0.15, -0.1) is 11.3 Å². The Balaban J connectivity index is 2.11. The van der Waals surface area contributed by atoms with Crippen LogP contribution in [0.15, 0.2) is 29.6 Å². The first-order chi connectivity index (χ1) is 8.56. The molecule has 94 valence electrons. The Morgan fingerprint density at radius 3 is 2.89 bits per heavy atom. The number of phenolic OH excluding ortho intramolecular Hbond substituents is 1. The van der Waals surface area contributed by atoms with Crippen molar-refractivity contribution in [2.24, 2.45) is 0 Å². The van der Waals surface area contributed by atoms with Gasteiger partial charge in [-0.25, -0.2) is 4.98 Å². The molecular weight excluding hydrogens is 252 g/mol. The van der Waals surface area contributed by atoms with Crippen LogP contribution in [0.25, 0.3) is 0 Å². The number of phenols is 1. The average Bonchev–Trinajstić information content (AvgIpc) is 2.77. The number of nitrogens with zero attached hydrogens (tertiary/aromatic N) is 1. The van der Waals surface area contributed by atoms with Gasteiger partial charge in [-0.05, 0) is 25.1 Å². The van der Waals surface area contributed by atoms with Crippen LogP contribution in [0.4, 0.5) is 5.13 Å². The second-order valence-corrected chi connectivity index (χ2v) is 4.62. The number of thiazole rings is 1. The van der Waals surface area contributed by atoms with Gasteiger partial charge in [0.2, 0.25) is 0 Å². The van der Waals surface area contributed by atoms with Gasteiger partial charge >= 0.3 is 0 Å². The Morgan fingerprint density at radius 1 is 1.50 bits per heavy atom. The number of amides is 1. The number of carbonyl (C=O) groups excluding carboxylic acids is 1. The van der Waals surface area contributed by atoms with Gasteiger partial charge in [0.1, 0.15) is 5.75 Å². The number of aromatic nitrogens is 1. The van der Waals surface area contributed by atoms with E-state index in [-0.39, 0.29) is 11.7 Å². The summed E-state index contributed by atoms with van der Waals surface area (Å²) in [6, 6.07) is 6.05. The zero-order valence-electron chi connectivity index (χ0n) is 9.62. The van der Waals surface area contributed by atoms with Crippen LogP contribution >= 0.6 is 11.3 Å². The lowest BCUT2D eigenvalue weighted by atomic mass is 10.2. The first-order valence-electron chi connectivity index (χ1n) is 5.30. The van der Waals surface area contributed by atoms with Gasteiger partial charge in [0.25, 0.3) is 5.91 Å². The molecule has 0 aliphatic rings. The monoisotopic (exact) mass is 264 g/mol. The summed E-state index contributed by atoms with van der Waals surface area (Å²) in [5.41, 5.74) is 0.870. The Hall–Kier alpha value is -1.92. The minimum atomic E-state index is -0.660. The molecular formula is C12H12N2O3S. The van der Waals surface area contributed by atoms with Crippen molar-refractivity contribution in [3.8, 4) is 5.75 Å². The maximum atomic E-state index is 11.8. The van der Waals surface area contributed by atoms with Gasteiger partial charge in [-0.1, -0.05) is 6.07 Å². The third-order valence-electron chi connectivity index (χ3n) is 2.28. The van der Waals surface area contributed by atoms with Crippen molar-refractivity contribution in [1.82, 2.24) is 4.98 Å². The molecule has 1 heterocycles. The molecule has 6 heteroatoms. The molecule has 2 rings (SSSR count). The highest BCUT2D eigenvalue weighted by atomic mass is 32.1. The van der Waals surface area contributed by atoms with Crippen molar-refractivity contribution in [3.05, 3.63) is 40.9 Å². The minimum Gasteiger partial charge on any atom is -0.508 e. The summed E-state index contributed by atoms with van der Waals surface area (Å²) >= 11 is 1.24. The van der Waals surface area contributed by atoms with Crippen LogP contribution in [0.5, 0.6) is 5.75 Å². The highest BCUT2D eigenvalue weighted by molar-refractivity contribution is 7.14. The van der Waals surface area contributed by atoms with Crippen LogP contribution in [0.1, 0.15) is 29.1 Å². The second kappa shape index (κ2) is 5.16. The maximum Gasteiger partial charge on any atom is 0.257 e. The van der Waals surface area contributed by atoms with Gasteiger partial charge in [-0.3, -0.25) is 10.1 Å². The fraction of sp³-hybridized carbons (Fsp3) is 0.167. The van der Waals surface area contributed by atoms with Crippen LogP contribution < -0.4 is 5.32 Å². The number of carbonyl (C=O) groups is 1. The van der Waals surface area contributed by atoms with E-state index in [4.69, 9.17) is 0 Å². The number of nitrogens with one attached hydrogen (secondary N) is 1. The molecule has 0 fully saturated rings. The predicted octanol–water partition coefficient (Wildman–Crippen LogP) is 2.15. The van der Waals surface area contributed by atoms with Crippen molar-refractivity contribution in [2.45, 2.75) is 13.0 Å². The van der Waals surface area contributed by atoms with Gasteiger partial charge in [-0.2, -0.15) is 0 Å². The fourth-order valence-electron chi connectivity index (χ4n) is 1.35. The second-order valence-electron chi connectivity index (χ2n) is 3.76. The number of aliphatic hydroxyl groups excluding tert-OH is 1. The Bertz CT molecular complexity index is 566. The van der Waals surface area contributed by atoms with E-state index >= 15 is 0 Å². The first-order valence-corrected chi connectivity index (χ1v) is 6.18. The number of hydrogen-bond donors (Lipinski definition) is 3.